The molecule has 2 aromatic heterocycles. The van der Waals surface area contributed by atoms with E-state index in [0.717, 1.165) is 38.9 Å². The largest absolute Gasteiger partial charge is 0.349 e. The second-order valence-electron chi connectivity index (χ2n) is 6.73. The maximum Gasteiger partial charge on any atom is 0.254 e. The monoisotopic (exact) mass is 341 g/mol. The maximum absolute atomic E-state index is 12.4. The Morgan fingerprint density at radius 3 is 2.72 bits per heavy atom. The first-order chi connectivity index (χ1) is 12.2. The molecule has 0 spiro atoms. The van der Waals surface area contributed by atoms with E-state index in [1.165, 1.54) is 5.56 Å². The number of nitrogens with one attached hydrogen (secondary N) is 1. The van der Waals surface area contributed by atoms with E-state index in [-0.39, 0.29) is 11.9 Å². The minimum absolute atomic E-state index is 0.0111. The Hall–Kier alpha value is -2.21. The Morgan fingerprint density at radius 2 is 2.04 bits per heavy atom. The Bertz CT molecular complexity index is 676. The molecule has 0 aromatic carbocycles. The first-order valence-electron chi connectivity index (χ1n) is 9.14. The molecule has 1 saturated heterocycles. The molecule has 134 valence electrons. The van der Waals surface area contributed by atoms with Crippen molar-refractivity contribution in [3.8, 4) is 0 Å². The topological polar surface area (TPSA) is 63.1 Å². The van der Waals surface area contributed by atoms with E-state index in [1.54, 1.807) is 6.20 Å². The molecule has 1 aliphatic rings. The van der Waals surface area contributed by atoms with Gasteiger partial charge in [0.1, 0.15) is 0 Å². The maximum atomic E-state index is 12.4. The van der Waals surface area contributed by atoms with Gasteiger partial charge in [0.15, 0.2) is 0 Å². The summed E-state index contributed by atoms with van der Waals surface area (Å²) >= 11 is 0. The highest BCUT2D eigenvalue weighted by Gasteiger charge is 2.25. The Balaban J connectivity index is 1.49. The van der Waals surface area contributed by atoms with E-state index in [0.29, 0.717) is 11.6 Å². The van der Waals surface area contributed by atoms with Gasteiger partial charge in [-0.05, 0) is 43.9 Å². The zero-order chi connectivity index (χ0) is 17.6. The quantitative estimate of drug-likeness (QED) is 0.877. The standard InChI is InChI=1S/C19H27N5O/c1-3-10-24-14-17(13-21-24)19(25)22-18-6-11-23(12-7-18)15(2)16-4-8-20-9-5-16/h4-5,8-9,13-15,18H,3,6-7,10-12H2,1-2H3,(H,22,25). The van der Waals surface area contributed by atoms with Crippen LogP contribution >= 0.6 is 0 Å². The van der Waals surface area contributed by atoms with Gasteiger partial charge >= 0.3 is 0 Å². The van der Waals surface area contributed by atoms with Crippen LogP contribution in [0.1, 0.15) is 55.1 Å². The number of pyridine rings is 1. The molecule has 0 aliphatic carbocycles. The minimum atomic E-state index is -0.0111. The first-order valence-corrected chi connectivity index (χ1v) is 9.14. The Labute approximate surface area is 149 Å². The lowest BCUT2D eigenvalue weighted by Crippen LogP contribution is -2.45. The van der Waals surface area contributed by atoms with E-state index in [1.807, 2.05) is 23.3 Å². The lowest BCUT2D eigenvalue weighted by molar-refractivity contribution is 0.0896. The highest BCUT2D eigenvalue weighted by atomic mass is 16.1. The summed E-state index contributed by atoms with van der Waals surface area (Å²) in [5.41, 5.74) is 1.95. The van der Waals surface area contributed by atoms with E-state index < -0.39 is 0 Å². The summed E-state index contributed by atoms with van der Waals surface area (Å²) in [5.74, 6) is -0.0111. The van der Waals surface area contributed by atoms with Gasteiger partial charge < -0.3 is 5.32 Å². The Kier molecular flexibility index (Phi) is 5.81. The number of hydrogen-bond donors (Lipinski definition) is 1. The molecule has 1 atom stereocenters. The average molecular weight is 341 g/mol. The van der Waals surface area contributed by atoms with Crippen LogP contribution in [0.3, 0.4) is 0 Å². The van der Waals surface area contributed by atoms with Crippen LogP contribution in [-0.4, -0.2) is 44.7 Å². The molecule has 6 heteroatoms. The number of nitrogens with zero attached hydrogens (tertiary/aromatic N) is 4. The van der Waals surface area contributed by atoms with Crippen molar-refractivity contribution >= 4 is 5.91 Å². The van der Waals surface area contributed by atoms with E-state index in [9.17, 15) is 4.79 Å². The third-order valence-electron chi connectivity index (χ3n) is 4.95. The number of carbonyl (C=O) groups excluding carboxylic acids is 1. The van der Waals surface area contributed by atoms with E-state index in [2.05, 4.69) is 46.3 Å². The number of amides is 1. The molecule has 25 heavy (non-hydrogen) atoms. The SMILES string of the molecule is CCCn1cc(C(=O)NC2CCN(C(C)c3ccncc3)CC2)cn1. The summed E-state index contributed by atoms with van der Waals surface area (Å²) in [7, 11) is 0. The highest BCUT2D eigenvalue weighted by Crippen LogP contribution is 2.23. The fourth-order valence-electron chi connectivity index (χ4n) is 3.38. The molecule has 1 N–H and O–H groups in total. The van der Waals surface area contributed by atoms with Crippen LogP contribution in [-0.2, 0) is 6.54 Å². The highest BCUT2D eigenvalue weighted by molar-refractivity contribution is 5.93. The fourth-order valence-corrected chi connectivity index (χ4v) is 3.38. The molecule has 1 aliphatic heterocycles. The minimum Gasteiger partial charge on any atom is -0.349 e. The fraction of sp³-hybridized carbons (Fsp3) is 0.526. The number of rotatable bonds is 6. The van der Waals surface area contributed by atoms with Crippen molar-refractivity contribution < 1.29 is 4.79 Å². The summed E-state index contributed by atoms with van der Waals surface area (Å²) in [6.45, 7) is 7.16. The van der Waals surface area contributed by atoms with Crippen molar-refractivity contribution in [1.82, 2.24) is 25.0 Å². The van der Waals surface area contributed by atoms with Crippen molar-refractivity contribution in [2.45, 2.75) is 51.7 Å². The predicted octanol–water partition coefficient (Wildman–Crippen LogP) is 2.64. The van der Waals surface area contributed by atoms with Crippen molar-refractivity contribution in [1.29, 1.82) is 0 Å². The van der Waals surface area contributed by atoms with Crippen LogP contribution in [0.4, 0.5) is 0 Å². The van der Waals surface area contributed by atoms with Gasteiger partial charge in [0.25, 0.3) is 5.91 Å². The average Bonchev–Trinajstić information content (AvgIpc) is 3.12. The second kappa shape index (κ2) is 8.25. The third kappa shape index (κ3) is 4.45. The normalized spacial score (nSPS) is 17.4. The summed E-state index contributed by atoms with van der Waals surface area (Å²) in [4.78, 5) is 18.9. The number of aryl methyl sites for hydroxylation is 1. The molecule has 6 nitrogen and oxygen atoms in total. The molecule has 3 heterocycles. The van der Waals surface area contributed by atoms with Crippen LogP contribution in [0, 0.1) is 0 Å². The first kappa shape index (κ1) is 17.6. The number of carbonyl (C=O) groups is 1. The van der Waals surface area contributed by atoms with Gasteiger partial charge in [0, 0.05) is 50.3 Å². The van der Waals surface area contributed by atoms with Crippen LogP contribution in [0.2, 0.25) is 0 Å². The molecular weight excluding hydrogens is 314 g/mol. The van der Waals surface area contributed by atoms with E-state index in [4.69, 9.17) is 0 Å². The molecule has 0 bridgehead atoms. The molecule has 0 saturated carbocycles. The second-order valence-corrected chi connectivity index (χ2v) is 6.73. The Morgan fingerprint density at radius 1 is 1.32 bits per heavy atom. The van der Waals surface area contributed by atoms with Gasteiger partial charge in [0.05, 0.1) is 11.8 Å². The molecule has 1 unspecified atom stereocenters. The van der Waals surface area contributed by atoms with Gasteiger partial charge in [0.2, 0.25) is 0 Å². The van der Waals surface area contributed by atoms with Gasteiger partial charge in [-0.25, -0.2) is 0 Å². The lowest BCUT2D eigenvalue weighted by atomic mass is 10.0. The molecule has 1 fully saturated rings. The summed E-state index contributed by atoms with van der Waals surface area (Å²) < 4.78 is 1.83. The predicted molar refractivity (Wildman–Crippen MR) is 97.2 cm³/mol. The zero-order valence-corrected chi connectivity index (χ0v) is 15.1. The number of piperidine rings is 1. The molecule has 0 radical (unpaired) electrons. The van der Waals surface area contributed by atoms with Crippen LogP contribution < -0.4 is 5.32 Å². The van der Waals surface area contributed by atoms with Gasteiger partial charge in [-0.15, -0.1) is 0 Å². The molecule has 1 amide bonds. The summed E-state index contributed by atoms with van der Waals surface area (Å²) in [6.07, 6.45) is 10.1. The molecule has 2 aromatic rings. The lowest BCUT2D eigenvalue weighted by Gasteiger charge is -2.36. The van der Waals surface area contributed by atoms with E-state index >= 15 is 0 Å². The van der Waals surface area contributed by atoms with Gasteiger partial charge in [-0.3, -0.25) is 19.4 Å². The number of hydrogen-bond acceptors (Lipinski definition) is 4. The summed E-state index contributed by atoms with van der Waals surface area (Å²) in [5, 5.41) is 7.39. The van der Waals surface area contributed by atoms with Crippen molar-refractivity contribution in [2.75, 3.05) is 13.1 Å². The van der Waals surface area contributed by atoms with Crippen LogP contribution in [0.5, 0.6) is 0 Å². The van der Waals surface area contributed by atoms with Crippen molar-refractivity contribution in [3.05, 3.63) is 48.0 Å². The number of likely N-dealkylation sites (tertiary alicyclic amines) is 1. The van der Waals surface area contributed by atoms with Gasteiger partial charge in [-0.1, -0.05) is 6.92 Å². The van der Waals surface area contributed by atoms with Crippen molar-refractivity contribution in [2.24, 2.45) is 0 Å². The molecule has 3 rings (SSSR count). The van der Waals surface area contributed by atoms with Gasteiger partial charge in [-0.2, -0.15) is 5.10 Å². The van der Waals surface area contributed by atoms with Crippen LogP contribution in [0.15, 0.2) is 36.9 Å². The number of aromatic nitrogens is 3. The van der Waals surface area contributed by atoms with Crippen molar-refractivity contribution in [3.63, 3.8) is 0 Å². The smallest absolute Gasteiger partial charge is 0.254 e. The van der Waals surface area contributed by atoms with Crippen LogP contribution in [0.25, 0.3) is 0 Å². The third-order valence-corrected chi connectivity index (χ3v) is 4.95. The summed E-state index contributed by atoms with van der Waals surface area (Å²) in [6, 6.07) is 4.77. The molecular formula is C19H27N5O. The zero-order valence-electron chi connectivity index (χ0n) is 15.1.